The zero-order valence-electron chi connectivity index (χ0n) is 10.3. The maximum Gasteiger partial charge on any atom is 0.293 e. The van der Waals surface area contributed by atoms with Gasteiger partial charge in [-0.2, -0.15) is 0 Å². The van der Waals surface area contributed by atoms with Crippen LogP contribution in [-0.4, -0.2) is 11.5 Å². The van der Waals surface area contributed by atoms with Gasteiger partial charge in [0.15, 0.2) is 0 Å². The molecule has 0 spiro atoms. The number of nitro benzene ring substituents is 1. The number of hydrogen-bond donors (Lipinski definition) is 1. The predicted octanol–water partition coefficient (Wildman–Crippen LogP) is 4.10. The second-order valence-electron chi connectivity index (χ2n) is 5.53. The van der Waals surface area contributed by atoms with Crippen LogP contribution in [0.5, 0.6) is 0 Å². The molecule has 0 radical (unpaired) electrons. The maximum absolute atomic E-state index is 13.5. The first-order valence-electron chi connectivity index (χ1n) is 6.39. The Hall–Kier alpha value is -1.17. The summed E-state index contributed by atoms with van der Waals surface area (Å²) in [6.45, 7) is 0.708. The average Bonchev–Trinajstić information content (AvgIpc) is 3.23. The summed E-state index contributed by atoms with van der Waals surface area (Å²) in [4.78, 5) is 10.5. The Bertz CT molecular complexity index is 542. The Balaban J connectivity index is 1.79. The smallest absolute Gasteiger partial charge is 0.293 e. The van der Waals surface area contributed by atoms with Crippen LogP contribution in [-0.2, 0) is 0 Å². The molecule has 2 aliphatic rings. The third-order valence-electron chi connectivity index (χ3n) is 4.20. The van der Waals surface area contributed by atoms with Crippen molar-refractivity contribution >= 4 is 27.3 Å². The number of nitro groups is 1. The van der Waals surface area contributed by atoms with Crippen LogP contribution < -0.4 is 5.32 Å². The molecule has 102 valence electrons. The molecule has 0 amide bonds. The quantitative estimate of drug-likeness (QED) is 0.654. The molecule has 4 nitrogen and oxygen atoms in total. The van der Waals surface area contributed by atoms with Gasteiger partial charge in [-0.1, -0.05) is 0 Å². The number of nitrogens with zero attached hydrogens (tertiary/aromatic N) is 1. The molecule has 0 unspecified atom stereocenters. The Morgan fingerprint density at radius 2 is 2.16 bits per heavy atom. The summed E-state index contributed by atoms with van der Waals surface area (Å²) in [5.74, 6) is 0.281. The van der Waals surface area contributed by atoms with Gasteiger partial charge >= 0.3 is 0 Å². The minimum absolute atomic E-state index is 0.0835. The number of rotatable bonds is 5. The van der Waals surface area contributed by atoms with Crippen LogP contribution in [0.15, 0.2) is 16.6 Å². The van der Waals surface area contributed by atoms with E-state index >= 15 is 0 Å². The van der Waals surface area contributed by atoms with E-state index in [1.807, 2.05) is 0 Å². The van der Waals surface area contributed by atoms with Crippen LogP contribution in [0.1, 0.15) is 25.7 Å². The van der Waals surface area contributed by atoms with Crippen molar-refractivity contribution in [3.63, 3.8) is 0 Å². The molecule has 0 aromatic heterocycles. The molecule has 3 rings (SSSR count). The van der Waals surface area contributed by atoms with Crippen LogP contribution in [0.4, 0.5) is 15.8 Å². The summed E-state index contributed by atoms with van der Waals surface area (Å²) in [6.07, 6.45) is 4.88. The fourth-order valence-corrected chi connectivity index (χ4v) is 3.02. The summed E-state index contributed by atoms with van der Waals surface area (Å²) in [7, 11) is 0. The molecule has 1 N–H and O–H groups in total. The monoisotopic (exact) mass is 328 g/mol. The van der Waals surface area contributed by atoms with Crippen LogP contribution in [0.2, 0.25) is 0 Å². The van der Waals surface area contributed by atoms with Gasteiger partial charge in [0, 0.05) is 18.7 Å². The van der Waals surface area contributed by atoms with Crippen LogP contribution in [0.3, 0.4) is 0 Å². The number of halogens is 2. The zero-order chi connectivity index (χ0) is 13.6. The highest BCUT2D eigenvalue weighted by molar-refractivity contribution is 9.10. The number of nitrogens with one attached hydrogen (secondary N) is 1. The fourth-order valence-electron chi connectivity index (χ4n) is 2.69. The van der Waals surface area contributed by atoms with Gasteiger partial charge in [-0.3, -0.25) is 10.1 Å². The third-order valence-corrected chi connectivity index (χ3v) is 4.81. The minimum Gasteiger partial charge on any atom is -0.379 e. The molecule has 2 saturated carbocycles. The van der Waals surface area contributed by atoms with E-state index in [0.29, 0.717) is 12.0 Å². The van der Waals surface area contributed by atoms with Crippen LogP contribution in [0.25, 0.3) is 0 Å². The van der Waals surface area contributed by atoms with Gasteiger partial charge in [0.1, 0.15) is 11.5 Å². The molecule has 2 fully saturated rings. The molecule has 0 saturated heterocycles. The van der Waals surface area contributed by atoms with E-state index in [4.69, 9.17) is 0 Å². The molecule has 2 aliphatic carbocycles. The molecule has 1 aromatic carbocycles. The SMILES string of the molecule is O=[N+]([O-])c1cc(Br)c(F)cc1NCC1(C2CC2)CC1. The highest BCUT2D eigenvalue weighted by Crippen LogP contribution is 2.61. The van der Waals surface area contributed by atoms with Gasteiger partial charge in [0.2, 0.25) is 0 Å². The molecule has 0 bridgehead atoms. The normalized spacial score (nSPS) is 20.1. The molecule has 0 atom stereocenters. The van der Waals surface area contributed by atoms with Crippen molar-refractivity contribution in [3.8, 4) is 0 Å². The average molecular weight is 329 g/mol. The van der Waals surface area contributed by atoms with Crippen molar-refractivity contribution in [1.82, 2.24) is 0 Å². The largest absolute Gasteiger partial charge is 0.379 e. The van der Waals surface area contributed by atoms with Gasteiger partial charge in [-0.25, -0.2) is 4.39 Å². The van der Waals surface area contributed by atoms with Gasteiger partial charge in [-0.05, 0) is 52.9 Å². The molecule has 0 aliphatic heterocycles. The Labute approximate surface area is 118 Å². The molecule has 1 aromatic rings. The topological polar surface area (TPSA) is 55.2 Å². The first-order valence-corrected chi connectivity index (χ1v) is 7.18. The standard InChI is InChI=1S/C13H14BrFN2O2/c14-9-5-12(17(18)19)11(6-10(9)15)16-7-13(3-4-13)8-1-2-8/h5-6,8,16H,1-4,7H2. The van der Waals surface area contributed by atoms with E-state index in [1.54, 1.807) is 0 Å². The van der Waals surface area contributed by atoms with E-state index in [0.717, 1.165) is 5.92 Å². The molecule has 0 heterocycles. The predicted molar refractivity (Wildman–Crippen MR) is 73.6 cm³/mol. The summed E-state index contributed by atoms with van der Waals surface area (Å²) < 4.78 is 13.6. The highest BCUT2D eigenvalue weighted by Gasteiger charge is 2.53. The zero-order valence-corrected chi connectivity index (χ0v) is 11.9. The highest BCUT2D eigenvalue weighted by atomic mass is 79.9. The molecular weight excluding hydrogens is 315 g/mol. The van der Waals surface area contributed by atoms with Crippen molar-refractivity contribution in [3.05, 3.63) is 32.5 Å². The second kappa shape index (κ2) is 4.44. The molecular formula is C13H14BrFN2O2. The summed E-state index contributed by atoms with van der Waals surface area (Å²) in [6, 6.07) is 2.42. The first kappa shape index (κ1) is 12.8. The Morgan fingerprint density at radius 3 is 2.68 bits per heavy atom. The third kappa shape index (κ3) is 2.45. The summed E-state index contributed by atoms with van der Waals surface area (Å²) >= 11 is 2.98. The van der Waals surface area contributed by atoms with E-state index in [1.165, 1.54) is 37.8 Å². The van der Waals surface area contributed by atoms with Crippen LogP contribution >= 0.6 is 15.9 Å². The Kier molecular flexibility index (Phi) is 3.00. The first-order chi connectivity index (χ1) is 9.02. The summed E-state index contributed by atoms with van der Waals surface area (Å²) in [5.41, 5.74) is 0.509. The number of anilines is 1. The lowest BCUT2D eigenvalue weighted by Crippen LogP contribution is -2.18. The van der Waals surface area contributed by atoms with Gasteiger partial charge in [0.25, 0.3) is 5.69 Å². The van der Waals surface area contributed by atoms with Crippen molar-refractivity contribution in [1.29, 1.82) is 0 Å². The number of hydrogen-bond acceptors (Lipinski definition) is 3. The van der Waals surface area contributed by atoms with Gasteiger partial charge in [0.05, 0.1) is 9.40 Å². The van der Waals surface area contributed by atoms with Crippen molar-refractivity contribution < 1.29 is 9.31 Å². The van der Waals surface area contributed by atoms with E-state index in [2.05, 4.69) is 21.2 Å². The van der Waals surface area contributed by atoms with Crippen molar-refractivity contribution in [2.24, 2.45) is 11.3 Å². The van der Waals surface area contributed by atoms with E-state index in [9.17, 15) is 14.5 Å². The van der Waals surface area contributed by atoms with Crippen molar-refractivity contribution in [2.45, 2.75) is 25.7 Å². The maximum atomic E-state index is 13.5. The molecule has 6 heteroatoms. The number of benzene rings is 1. The lowest BCUT2D eigenvalue weighted by molar-refractivity contribution is -0.384. The van der Waals surface area contributed by atoms with Gasteiger partial charge in [-0.15, -0.1) is 0 Å². The lowest BCUT2D eigenvalue weighted by Gasteiger charge is -2.16. The fraction of sp³-hybridized carbons (Fsp3) is 0.538. The van der Waals surface area contributed by atoms with Gasteiger partial charge < -0.3 is 5.32 Å². The lowest BCUT2D eigenvalue weighted by atomic mass is 10.0. The minimum atomic E-state index is -0.483. The van der Waals surface area contributed by atoms with E-state index in [-0.39, 0.29) is 15.8 Å². The second-order valence-corrected chi connectivity index (χ2v) is 6.39. The van der Waals surface area contributed by atoms with Crippen LogP contribution in [0, 0.1) is 27.3 Å². The van der Waals surface area contributed by atoms with E-state index < -0.39 is 10.7 Å². The van der Waals surface area contributed by atoms with Crippen molar-refractivity contribution in [2.75, 3.05) is 11.9 Å². The summed E-state index contributed by atoms with van der Waals surface area (Å²) in [5, 5.41) is 14.1. The molecule has 19 heavy (non-hydrogen) atoms. The Morgan fingerprint density at radius 1 is 1.47 bits per heavy atom.